The predicted octanol–water partition coefficient (Wildman–Crippen LogP) is 6.98. The highest BCUT2D eigenvalue weighted by Gasteiger charge is 2.14. The number of unbranched alkanes of at least 4 members (excludes halogenated alkanes) is 7. The lowest BCUT2D eigenvalue weighted by Crippen LogP contribution is -2.04. The molecule has 0 aliphatic carbocycles. The third kappa shape index (κ3) is 6.76. The minimum absolute atomic E-state index is 0.303. The van der Waals surface area contributed by atoms with Crippen LogP contribution in [0.1, 0.15) is 68.9 Å². The fourth-order valence-electron chi connectivity index (χ4n) is 3.99. The molecule has 0 fully saturated rings. The molecule has 0 unspecified atom stereocenters. The molecule has 2 heterocycles. The fourth-order valence-corrected chi connectivity index (χ4v) is 4.90. The van der Waals surface area contributed by atoms with Gasteiger partial charge in [0.25, 0.3) is 0 Å². The average molecular weight is 440 g/mol. The summed E-state index contributed by atoms with van der Waals surface area (Å²) >= 11 is 1.67. The fraction of sp³-hybridized carbons (Fsp3) is 0.480. The Labute approximate surface area is 188 Å². The number of carbonyl (C=O) groups is 1. The summed E-state index contributed by atoms with van der Waals surface area (Å²) in [6.07, 6.45) is 10.9. The van der Waals surface area contributed by atoms with Crippen LogP contribution in [0.25, 0.3) is 21.3 Å². The minimum atomic E-state index is -0.683. The van der Waals surface area contributed by atoms with Crippen molar-refractivity contribution < 1.29 is 9.90 Å². The summed E-state index contributed by atoms with van der Waals surface area (Å²) < 4.78 is 0. The van der Waals surface area contributed by atoms with Gasteiger partial charge in [-0.1, -0.05) is 62.3 Å². The van der Waals surface area contributed by atoms with E-state index in [4.69, 9.17) is 5.11 Å². The zero-order valence-electron chi connectivity index (χ0n) is 18.6. The van der Waals surface area contributed by atoms with Crippen LogP contribution in [0.2, 0.25) is 0 Å². The van der Waals surface area contributed by atoms with E-state index < -0.39 is 5.97 Å². The first-order chi connectivity index (χ1) is 15.1. The zero-order chi connectivity index (χ0) is 22.1. The molecule has 0 bridgehead atoms. The van der Waals surface area contributed by atoms with Crippen molar-refractivity contribution in [2.75, 3.05) is 11.9 Å². The summed E-state index contributed by atoms with van der Waals surface area (Å²) in [4.78, 5) is 20.5. The second-order valence-corrected chi connectivity index (χ2v) is 9.13. The number of hydrogen-bond donors (Lipinski definition) is 2. The van der Waals surface area contributed by atoms with Crippen molar-refractivity contribution >= 4 is 33.3 Å². The van der Waals surface area contributed by atoms with Crippen molar-refractivity contribution in [3.05, 3.63) is 41.0 Å². The second-order valence-electron chi connectivity index (χ2n) is 8.27. The van der Waals surface area contributed by atoms with Gasteiger partial charge in [0.05, 0.1) is 5.39 Å². The van der Waals surface area contributed by atoms with E-state index in [1.165, 1.54) is 47.9 Å². The molecule has 0 spiro atoms. The Morgan fingerprint density at radius 1 is 0.968 bits per heavy atom. The molecule has 0 aliphatic heterocycles. The van der Waals surface area contributed by atoms with Gasteiger partial charge in [-0.25, -0.2) is 9.97 Å². The van der Waals surface area contributed by atoms with Crippen molar-refractivity contribution in [1.29, 1.82) is 0 Å². The van der Waals surface area contributed by atoms with Crippen molar-refractivity contribution in [2.45, 2.75) is 71.6 Å². The van der Waals surface area contributed by atoms with Gasteiger partial charge in [-0.3, -0.25) is 4.79 Å². The Hall–Kier alpha value is -2.47. The summed E-state index contributed by atoms with van der Waals surface area (Å²) in [5, 5.41) is 15.5. The van der Waals surface area contributed by atoms with Crippen LogP contribution in [0.3, 0.4) is 0 Å². The highest BCUT2D eigenvalue weighted by Crippen LogP contribution is 2.38. The molecular weight excluding hydrogens is 406 g/mol. The van der Waals surface area contributed by atoms with Gasteiger partial charge in [-0.05, 0) is 37.8 Å². The molecule has 0 saturated heterocycles. The van der Waals surface area contributed by atoms with Crippen molar-refractivity contribution in [3.8, 4) is 11.1 Å². The van der Waals surface area contributed by atoms with Gasteiger partial charge in [0.2, 0.25) is 0 Å². The highest BCUT2D eigenvalue weighted by molar-refractivity contribution is 7.17. The van der Waals surface area contributed by atoms with Crippen LogP contribution in [0, 0.1) is 13.8 Å². The number of hydrogen-bond acceptors (Lipinski definition) is 5. The molecule has 2 aromatic heterocycles. The van der Waals surface area contributed by atoms with Gasteiger partial charge in [-0.2, -0.15) is 0 Å². The lowest BCUT2D eigenvalue weighted by Gasteiger charge is -2.10. The molecule has 0 atom stereocenters. The van der Waals surface area contributed by atoms with E-state index >= 15 is 0 Å². The van der Waals surface area contributed by atoms with Crippen LogP contribution < -0.4 is 5.32 Å². The predicted molar refractivity (Wildman–Crippen MR) is 130 cm³/mol. The standard InChI is InChI=1S/C25H33N3O2S/c1-18-12-13-20(19(2)15-18)21-16-31-25-23(21)24(27-17-28-25)26-14-10-8-6-4-3-5-7-9-11-22(29)30/h12-13,15-17H,3-11,14H2,1-2H3,(H,29,30)(H,26,27,28). The number of carboxylic acids is 1. The molecule has 2 N–H and O–H groups in total. The van der Waals surface area contributed by atoms with Gasteiger partial charge in [0, 0.05) is 23.9 Å². The average Bonchev–Trinajstić information content (AvgIpc) is 3.16. The number of rotatable bonds is 13. The summed E-state index contributed by atoms with van der Waals surface area (Å²) in [6, 6.07) is 6.58. The van der Waals surface area contributed by atoms with Crippen molar-refractivity contribution in [3.63, 3.8) is 0 Å². The maximum atomic E-state index is 10.5. The van der Waals surface area contributed by atoms with Gasteiger partial charge < -0.3 is 10.4 Å². The van der Waals surface area contributed by atoms with E-state index in [2.05, 4.69) is 52.7 Å². The normalized spacial score (nSPS) is 11.2. The van der Waals surface area contributed by atoms with Crippen molar-refractivity contribution in [1.82, 2.24) is 9.97 Å². The Balaban J connectivity index is 1.47. The Morgan fingerprint density at radius 2 is 1.68 bits per heavy atom. The van der Waals surface area contributed by atoms with E-state index in [0.717, 1.165) is 48.3 Å². The van der Waals surface area contributed by atoms with Crippen LogP contribution in [0.5, 0.6) is 0 Å². The summed E-state index contributed by atoms with van der Waals surface area (Å²) in [5.41, 5.74) is 5.01. The molecule has 0 saturated carbocycles. The third-order valence-corrected chi connectivity index (χ3v) is 6.54. The lowest BCUT2D eigenvalue weighted by molar-refractivity contribution is -0.137. The first-order valence-corrected chi connectivity index (χ1v) is 12.2. The molecule has 0 aliphatic rings. The monoisotopic (exact) mass is 439 g/mol. The molecule has 6 heteroatoms. The first-order valence-electron chi connectivity index (χ1n) is 11.3. The van der Waals surface area contributed by atoms with Crippen LogP contribution in [-0.2, 0) is 4.79 Å². The van der Waals surface area contributed by atoms with Crippen LogP contribution in [0.4, 0.5) is 5.82 Å². The lowest BCUT2D eigenvalue weighted by atomic mass is 9.99. The van der Waals surface area contributed by atoms with E-state index in [9.17, 15) is 4.79 Å². The summed E-state index contributed by atoms with van der Waals surface area (Å²) in [5.74, 6) is 0.247. The van der Waals surface area contributed by atoms with Crippen molar-refractivity contribution in [2.24, 2.45) is 0 Å². The molecule has 3 aromatic rings. The maximum absolute atomic E-state index is 10.5. The van der Waals surface area contributed by atoms with Gasteiger partial charge >= 0.3 is 5.97 Å². The van der Waals surface area contributed by atoms with E-state index in [-0.39, 0.29) is 0 Å². The molecule has 0 amide bonds. The van der Waals surface area contributed by atoms with Gasteiger partial charge in [0.1, 0.15) is 17.0 Å². The third-order valence-electron chi connectivity index (χ3n) is 5.65. The quantitative estimate of drug-likeness (QED) is 0.281. The minimum Gasteiger partial charge on any atom is -0.481 e. The molecule has 0 radical (unpaired) electrons. The maximum Gasteiger partial charge on any atom is 0.303 e. The molecule has 31 heavy (non-hydrogen) atoms. The van der Waals surface area contributed by atoms with E-state index in [0.29, 0.717) is 6.42 Å². The number of aliphatic carboxylic acids is 1. The molecule has 1 aromatic carbocycles. The molecular formula is C25H33N3O2S. The largest absolute Gasteiger partial charge is 0.481 e. The number of fused-ring (bicyclic) bond motifs is 1. The van der Waals surface area contributed by atoms with Crippen LogP contribution in [0.15, 0.2) is 29.9 Å². The number of anilines is 1. The van der Waals surface area contributed by atoms with Crippen LogP contribution in [-0.4, -0.2) is 27.6 Å². The zero-order valence-corrected chi connectivity index (χ0v) is 19.4. The Morgan fingerprint density at radius 3 is 2.39 bits per heavy atom. The number of carboxylic acid groups (broad SMARTS) is 1. The highest BCUT2D eigenvalue weighted by atomic mass is 32.1. The number of benzene rings is 1. The molecule has 3 rings (SSSR count). The number of aryl methyl sites for hydroxylation is 2. The summed E-state index contributed by atoms with van der Waals surface area (Å²) in [7, 11) is 0. The van der Waals surface area contributed by atoms with Gasteiger partial charge in [-0.15, -0.1) is 11.3 Å². The van der Waals surface area contributed by atoms with Gasteiger partial charge in [0.15, 0.2) is 0 Å². The van der Waals surface area contributed by atoms with Crippen LogP contribution >= 0.6 is 11.3 Å². The number of aromatic nitrogens is 2. The molecule has 5 nitrogen and oxygen atoms in total. The molecule has 166 valence electrons. The second kappa shape index (κ2) is 11.8. The van der Waals surface area contributed by atoms with E-state index in [1.54, 1.807) is 17.7 Å². The number of nitrogens with zero attached hydrogens (tertiary/aromatic N) is 2. The number of thiophene rings is 1. The Bertz CT molecular complexity index is 1000. The topological polar surface area (TPSA) is 75.1 Å². The number of nitrogens with one attached hydrogen (secondary N) is 1. The smallest absolute Gasteiger partial charge is 0.303 e. The SMILES string of the molecule is Cc1ccc(-c2csc3ncnc(NCCCCCCCCCCC(=O)O)c23)c(C)c1. The first kappa shape index (κ1) is 23.2. The van der Waals surface area contributed by atoms with E-state index in [1.807, 2.05) is 0 Å². The Kier molecular flexibility index (Phi) is 8.83. The summed E-state index contributed by atoms with van der Waals surface area (Å²) in [6.45, 7) is 5.19.